The van der Waals surface area contributed by atoms with Crippen LogP contribution < -0.4 is 4.74 Å². The van der Waals surface area contributed by atoms with Gasteiger partial charge in [-0.3, -0.25) is 4.79 Å². The molecule has 1 aliphatic heterocycles. The van der Waals surface area contributed by atoms with Gasteiger partial charge in [0.1, 0.15) is 6.10 Å². The van der Waals surface area contributed by atoms with Crippen LogP contribution in [0.5, 0.6) is 6.01 Å². The van der Waals surface area contributed by atoms with Gasteiger partial charge in [-0.25, -0.2) is 9.97 Å². The molecule has 0 radical (unpaired) electrons. The summed E-state index contributed by atoms with van der Waals surface area (Å²) >= 11 is 5.73. The number of hydrogen-bond donors (Lipinski definition) is 0. The predicted octanol–water partition coefficient (Wildman–Crippen LogP) is 3.76. The lowest BCUT2D eigenvalue weighted by molar-refractivity contribution is -0.138. The van der Waals surface area contributed by atoms with Gasteiger partial charge in [0, 0.05) is 6.54 Å². The van der Waals surface area contributed by atoms with Crippen LogP contribution >= 0.6 is 11.6 Å². The van der Waals surface area contributed by atoms with Crippen LogP contribution in [0.2, 0.25) is 5.02 Å². The molecule has 1 saturated heterocycles. The van der Waals surface area contributed by atoms with E-state index in [4.69, 9.17) is 16.3 Å². The number of aromatic nitrogens is 2. The number of carbonyl (C=O) groups is 1. The van der Waals surface area contributed by atoms with E-state index in [1.807, 2.05) is 0 Å². The van der Waals surface area contributed by atoms with E-state index in [0.29, 0.717) is 23.7 Å². The van der Waals surface area contributed by atoms with Crippen LogP contribution in [0.25, 0.3) is 0 Å². The van der Waals surface area contributed by atoms with E-state index < -0.39 is 11.7 Å². The highest BCUT2D eigenvalue weighted by molar-refractivity contribution is 6.30. The molecule has 0 unspecified atom stereocenters. The van der Waals surface area contributed by atoms with Crippen molar-refractivity contribution in [3.05, 3.63) is 52.8 Å². The Hall–Kier alpha value is -2.35. The lowest BCUT2D eigenvalue weighted by atomic mass is 10.0. The monoisotopic (exact) mass is 399 g/mol. The molecule has 0 saturated carbocycles. The number of amides is 1. The quantitative estimate of drug-likeness (QED) is 0.785. The van der Waals surface area contributed by atoms with Crippen LogP contribution in [0.15, 0.2) is 36.7 Å². The Morgan fingerprint density at radius 1 is 1.30 bits per heavy atom. The molecule has 1 aliphatic rings. The number of piperidine rings is 1. The number of hydrogen-bond acceptors (Lipinski definition) is 4. The van der Waals surface area contributed by atoms with Crippen molar-refractivity contribution in [3.8, 4) is 6.01 Å². The number of alkyl halides is 3. The molecule has 27 heavy (non-hydrogen) atoms. The fourth-order valence-corrected chi connectivity index (χ4v) is 3.01. The largest absolute Gasteiger partial charge is 0.458 e. The summed E-state index contributed by atoms with van der Waals surface area (Å²) in [6.45, 7) is 0.878. The summed E-state index contributed by atoms with van der Waals surface area (Å²) in [6, 6.07) is 5.01. The fraction of sp³-hybridized carbons (Fsp3) is 0.389. The van der Waals surface area contributed by atoms with Crippen LogP contribution in [-0.4, -0.2) is 40.0 Å². The molecule has 1 atom stereocenters. The third-order valence-electron chi connectivity index (χ3n) is 4.21. The van der Waals surface area contributed by atoms with Gasteiger partial charge >= 0.3 is 12.2 Å². The topological polar surface area (TPSA) is 55.3 Å². The van der Waals surface area contributed by atoms with Gasteiger partial charge < -0.3 is 9.64 Å². The molecule has 0 bridgehead atoms. The Balaban J connectivity index is 1.60. The number of carbonyl (C=O) groups excluding carboxylic acids is 1. The van der Waals surface area contributed by atoms with E-state index in [1.165, 1.54) is 24.5 Å². The molecular formula is C18H17ClF3N3O2. The summed E-state index contributed by atoms with van der Waals surface area (Å²) in [4.78, 5) is 22.0. The van der Waals surface area contributed by atoms with Crippen molar-refractivity contribution in [2.24, 2.45) is 0 Å². The maximum Gasteiger partial charge on any atom is 0.416 e. The minimum atomic E-state index is -4.43. The third-order valence-corrected chi connectivity index (χ3v) is 4.40. The minimum Gasteiger partial charge on any atom is -0.458 e. The second-order valence-corrected chi connectivity index (χ2v) is 6.72. The second-order valence-electron chi connectivity index (χ2n) is 6.28. The molecule has 1 aromatic carbocycles. The molecule has 9 heteroatoms. The Bertz CT molecular complexity index is 799. The summed E-state index contributed by atoms with van der Waals surface area (Å²) in [7, 11) is 0. The first-order valence-electron chi connectivity index (χ1n) is 8.39. The average Bonchev–Trinajstić information content (AvgIpc) is 2.63. The molecule has 1 amide bonds. The van der Waals surface area contributed by atoms with Gasteiger partial charge in [0.25, 0.3) is 0 Å². The standard InChI is InChI=1S/C18H17ClF3N3O2/c19-14-9-23-17(24-10-14)27-15-5-2-6-25(11-15)16(26)8-12-3-1-4-13(7-12)18(20,21)22/h1,3-4,7,9-10,15H,2,5-6,8,11H2/t15-/m1/s1. The molecule has 1 aromatic heterocycles. The number of nitrogens with zero attached hydrogens (tertiary/aromatic N) is 3. The maximum absolute atomic E-state index is 12.8. The van der Waals surface area contributed by atoms with Crippen molar-refractivity contribution < 1.29 is 22.7 Å². The smallest absolute Gasteiger partial charge is 0.416 e. The summed E-state index contributed by atoms with van der Waals surface area (Å²) in [5.41, 5.74) is -0.425. The van der Waals surface area contributed by atoms with Crippen molar-refractivity contribution in [3.63, 3.8) is 0 Å². The van der Waals surface area contributed by atoms with E-state index in [2.05, 4.69) is 9.97 Å². The van der Waals surface area contributed by atoms with E-state index in [0.717, 1.165) is 25.0 Å². The minimum absolute atomic E-state index is 0.0892. The van der Waals surface area contributed by atoms with Crippen molar-refractivity contribution >= 4 is 17.5 Å². The lowest BCUT2D eigenvalue weighted by Gasteiger charge is -2.32. The molecule has 0 aliphatic carbocycles. The Labute approximate surface area is 159 Å². The Morgan fingerprint density at radius 2 is 2.04 bits per heavy atom. The molecule has 144 valence electrons. The molecule has 2 heterocycles. The first-order chi connectivity index (χ1) is 12.8. The van der Waals surface area contributed by atoms with E-state index >= 15 is 0 Å². The number of ether oxygens (including phenoxy) is 1. The molecule has 2 aromatic rings. The highest BCUT2D eigenvalue weighted by Gasteiger charge is 2.31. The molecule has 1 fully saturated rings. The molecule has 5 nitrogen and oxygen atoms in total. The normalized spacial score (nSPS) is 17.6. The van der Waals surface area contributed by atoms with Crippen LogP contribution in [0.4, 0.5) is 13.2 Å². The number of likely N-dealkylation sites (tertiary alicyclic amines) is 1. The van der Waals surface area contributed by atoms with Crippen LogP contribution in [0, 0.1) is 0 Å². The molecular weight excluding hydrogens is 383 g/mol. The zero-order valence-electron chi connectivity index (χ0n) is 14.2. The molecule has 0 N–H and O–H groups in total. The first-order valence-corrected chi connectivity index (χ1v) is 8.77. The summed E-state index contributed by atoms with van der Waals surface area (Å²) < 4.78 is 44.1. The third kappa shape index (κ3) is 5.32. The first kappa shape index (κ1) is 19.4. The maximum atomic E-state index is 12.8. The van der Waals surface area contributed by atoms with Crippen molar-refractivity contribution in [2.75, 3.05) is 13.1 Å². The van der Waals surface area contributed by atoms with Gasteiger partial charge in [-0.1, -0.05) is 29.8 Å². The van der Waals surface area contributed by atoms with Crippen LogP contribution in [0.1, 0.15) is 24.0 Å². The SMILES string of the molecule is O=C(Cc1cccc(C(F)(F)F)c1)N1CCC[C@@H](Oc2ncc(Cl)cn2)C1. The van der Waals surface area contributed by atoms with Crippen LogP contribution in [0.3, 0.4) is 0 Å². The average molecular weight is 400 g/mol. The predicted molar refractivity (Wildman–Crippen MR) is 92.4 cm³/mol. The van der Waals surface area contributed by atoms with Gasteiger partial charge in [0.15, 0.2) is 0 Å². The number of rotatable bonds is 4. The fourth-order valence-electron chi connectivity index (χ4n) is 2.92. The van der Waals surface area contributed by atoms with E-state index in [-0.39, 0.29) is 24.4 Å². The van der Waals surface area contributed by atoms with Crippen molar-refractivity contribution in [1.82, 2.24) is 14.9 Å². The number of benzene rings is 1. The van der Waals surface area contributed by atoms with Gasteiger partial charge in [0.2, 0.25) is 5.91 Å². The van der Waals surface area contributed by atoms with Gasteiger partial charge in [-0.05, 0) is 24.5 Å². The summed E-state index contributed by atoms with van der Waals surface area (Å²) in [5, 5.41) is 0.392. The zero-order valence-corrected chi connectivity index (χ0v) is 15.0. The molecule has 3 rings (SSSR count). The van der Waals surface area contributed by atoms with Gasteiger partial charge in [-0.2, -0.15) is 13.2 Å². The summed E-state index contributed by atoms with van der Waals surface area (Å²) in [6.07, 6.45) is -0.487. The van der Waals surface area contributed by atoms with E-state index in [1.54, 1.807) is 4.90 Å². The Kier molecular flexibility index (Phi) is 5.84. The second kappa shape index (κ2) is 8.12. The summed E-state index contributed by atoms with van der Waals surface area (Å²) in [5.74, 6) is -0.236. The van der Waals surface area contributed by atoms with Crippen molar-refractivity contribution in [2.45, 2.75) is 31.5 Å². The van der Waals surface area contributed by atoms with Gasteiger partial charge in [0.05, 0.1) is 35.9 Å². The highest BCUT2D eigenvalue weighted by Crippen LogP contribution is 2.29. The zero-order chi connectivity index (χ0) is 19.4. The van der Waals surface area contributed by atoms with Crippen LogP contribution in [-0.2, 0) is 17.4 Å². The van der Waals surface area contributed by atoms with E-state index in [9.17, 15) is 18.0 Å². The van der Waals surface area contributed by atoms with Gasteiger partial charge in [-0.15, -0.1) is 0 Å². The lowest BCUT2D eigenvalue weighted by Crippen LogP contribution is -2.45. The van der Waals surface area contributed by atoms with Crippen molar-refractivity contribution in [1.29, 1.82) is 0 Å². The number of halogens is 4. The highest BCUT2D eigenvalue weighted by atomic mass is 35.5. The Morgan fingerprint density at radius 3 is 2.74 bits per heavy atom. The molecule has 0 spiro atoms.